The second-order valence-electron chi connectivity index (χ2n) is 5.69. The van der Waals surface area contributed by atoms with E-state index in [1.807, 2.05) is 31.2 Å². The lowest BCUT2D eigenvalue weighted by Gasteiger charge is -2.07. The molecule has 144 valence electrons. The summed E-state index contributed by atoms with van der Waals surface area (Å²) in [5, 5.41) is 20.8. The molecule has 0 aliphatic rings. The van der Waals surface area contributed by atoms with Gasteiger partial charge in [-0.05, 0) is 37.3 Å². The number of phenols is 1. The van der Waals surface area contributed by atoms with Crippen LogP contribution in [0, 0.1) is 0 Å². The van der Waals surface area contributed by atoms with Crippen molar-refractivity contribution < 1.29 is 19.4 Å². The van der Waals surface area contributed by atoms with Gasteiger partial charge in [-0.3, -0.25) is 9.89 Å². The van der Waals surface area contributed by atoms with Crippen molar-refractivity contribution in [1.29, 1.82) is 0 Å². The zero-order chi connectivity index (χ0) is 19.9. The third-order valence-corrected chi connectivity index (χ3v) is 3.91. The zero-order valence-electron chi connectivity index (χ0n) is 15.5. The number of carbonyl (C=O) groups excluding carboxylic acids is 1. The molecule has 3 rings (SSSR count). The first-order valence-electron chi connectivity index (χ1n) is 8.61. The van der Waals surface area contributed by atoms with Crippen molar-refractivity contribution >= 4 is 12.1 Å². The van der Waals surface area contributed by atoms with Crippen molar-refractivity contribution in [1.82, 2.24) is 15.6 Å². The predicted octanol–water partition coefficient (Wildman–Crippen LogP) is 2.95. The SMILES string of the molecule is CCOc1ccccc1-c1cc(C(=O)NN=Cc2cccc(OC)c2O)[nH]n1. The van der Waals surface area contributed by atoms with Gasteiger partial charge in [-0.15, -0.1) is 0 Å². The Bertz CT molecular complexity index is 997. The van der Waals surface area contributed by atoms with E-state index in [1.54, 1.807) is 24.3 Å². The van der Waals surface area contributed by atoms with Gasteiger partial charge >= 0.3 is 0 Å². The Morgan fingerprint density at radius 1 is 1.25 bits per heavy atom. The smallest absolute Gasteiger partial charge is 0.289 e. The van der Waals surface area contributed by atoms with Crippen LogP contribution < -0.4 is 14.9 Å². The van der Waals surface area contributed by atoms with Crippen LogP contribution in [0.25, 0.3) is 11.3 Å². The maximum Gasteiger partial charge on any atom is 0.289 e. The number of hydrogen-bond acceptors (Lipinski definition) is 6. The second-order valence-corrected chi connectivity index (χ2v) is 5.69. The van der Waals surface area contributed by atoms with Crippen molar-refractivity contribution in [3.05, 3.63) is 59.8 Å². The first kappa shape index (κ1) is 19.0. The molecule has 8 heteroatoms. The molecule has 8 nitrogen and oxygen atoms in total. The fourth-order valence-electron chi connectivity index (χ4n) is 2.56. The van der Waals surface area contributed by atoms with Crippen LogP contribution in [-0.4, -0.2) is 41.1 Å². The van der Waals surface area contributed by atoms with Crippen molar-refractivity contribution in [3.63, 3.8) is 0 Å². The highest BCUT2D eigenvalue weighted by Crippen LogP contribution is 2.29. The molecule has 0 aliphatic carbocycles. The molecule has 0 fully saturated rings. The molecule has 0 bridgehead atoms. The summed E-state index contributed by atoms with van der Waals surface area (Å²) in [7, 11) is 1.46. The molecule has 0 unspecified atom stereocenters. The van der Waals surface area contributed by atoms with Gasteiger partial charge in [0, 0.05) is 11.1 Å². The number of hydrazone groups is 1. The van der Waals surface area contributed by atoms with Gasteiger partial charge in [0.05, 0.1) is 25.6 Å². The molecule has 28 heavy (non-hydrogen) atoms. The highest BCUT2D eigenvalue weighted by atomic mass is 16.5. The number of aromatic hydroxyl groups is 1. The topological polar surface area (TPSA) is 109 Å². The molecule has 2 aromatic carbocycles. The van der Waals surface area contributed by atoms with Crippen LogP contribution in [0.5, 0.6) is 17.2 Å². The Morgan fingerprint density at radius 2 is 2.04 bits per heavy atom. The number of nitrogens with zero attached hydrogens (tertiary/aromatic N) is 2. The Kier molecular flexibility index (Phi) is 5.91. The van der Waals surface area contributed by atoms with Crippen LogP contribution in [-0.2, 0) is 0 Å². The molecule has 0 atom stereocenters. The Morgan fingerprint density at radius 3 is 2.82 bits per heavy atom. The first-order chi connectivity index (χ1) is 13.6. The summed E-state index contributed by atoms with van der Waals surface area (Å²) in [5.74, 6) is 0.488. The van der Waals surface area contributed by atoms with Crippen LogP contribution in [0.2, 0.25) is 0 Å². The molecule has 0 saturated carbocycles. The highest BCUT2D eigenvalue weighted by Gasteiger charge is 2.13. The van der Waals surface area contributed by atoms with Gasteiger partial charge in [0.2, 0.25) is 0 Å². The monoisotopic (exact) mass is 380 g/mol. The Hall–Kier alpha value is -3.81. The lowest BCUT2D eigenvalue weighted by Crippen LogP contribution is -2.18. The van der Waals surface area contributed by atoms with Crippen molar-refractivity contribution in [2.24, 2.45) is 5.10 Å². The van der Waals surface area contributed by atoms with E-state index >= 15 is 0 Å². The third kappa shape index (κ3) is 4.12. The maximum atomic E-state index is 12.3. The number of nitrogens with one attached hydrogen (secondary N) is 2. The minimum absolute atomic E-state index is 0.0562. The van der Waals surface area contributed by atoms with Gasteiger partial charge in [0.1, 0.15) is 11.4 Å². The van der Waals surface area contributed by atoms with Crippen LogP contribution >= 0.6 is 0 Å². The molecule has 0 spiro atoms. The number of methoxy groups -OCH3 is 1. The quantitative estimate of drug-likeness (QED) is 0.431. The number of benzene rings is 2. The van der Waals surface area contributed by atoms with E-state index in [2.05, 4.69) is 20.7 Å². The molecule has 0 radical (unpaired) electrons. The number of ether oxygens (including phenoxy) is 2. The zero-order valence-corrected chi connectivity index (χ0v) is 15.5. The summed E-state index contributed by atoms with van der Waals surface area (Å²) in [5.41, 5.74) is 4.42. The van der Waals surface area contributed by atoms with E-state index in [1.165, 1.54) is 13.3 Å². The number of para-hydroxylation sites is 2. The van der Waals surface area contributed by atoms with Crippen molar-refractivity contribution in [2.45, 2.75) is 6.92 Å². The first-order valence-corrected chi connectivity index (χ1v) is 8.61. The number of rotatable bonds is 7. The van der Waals surface area contributed by atoms with Gasteiger partial charge in [-0.25, -0.2) is 5.43 Å². The van der Waals surface area contributed by atoms with Crippen LogP contribution in [0.1, 0.15) is 23.0 Å². The summed E-state index contributed by atoms with van der Waals surface area (Å²) >= 11 is 0. The predicted molar refractivity (Wildman–Crippen MR) is 105 cm³/mol. The molecule has 1 aromatic heterocycles. The number of aromatic nitrogens is 2. The molecule has 0 aliphatic heterocycles. The number of amides is 1. The molecule has 0 saturated heterocycles. The number of aromatic amines is 1. The van der Waals surface area contributed by atoms with E-state index in [0.717, 1.165) is 5.56 Å². The highest BCUT2D eigenvalue weighted by molar-refractivity contribution is 5.94. The number of phenolic OH excluding ortho intramolecular Hbond substituents is 1. The van der Waals surface area contributed by atoms with E-state index < -0.39 is 5.91 Å². The minimum atomic E-state index is -0.466. The van der Waals surface area contributed by atoms with E-state index in [-0.39, 0.29) is 11.4 Å². The summed E-state index contributed by atoms with van der Waals surface area (Å²) in [4.78, 5) is 12.3. The number of H-pyrrole nitrogens is 1. The van der Waals surface area contributed by atoms with E-state index in [0.29, 0.717) is 29.4 Å². The summed E-state index contributed by atoms with van der Waals surface area (Å²) in [6.45, 7) is 2.43. The number of carbonyl (C=O) groups is 1. The molecule has 3 N–H and O–H groups in total. The molecule has 1 heterocycles. The van der Waals surface area contributed by atoms with E-state index in [4.69, 9.17) is 9.47 Å². The van der Waals surface area contributed by atoms with Gasteiger partial charge in [0.25, 0.3) is 5.91 Å². The normalized spacial score (nSPS) is 10.8. The van der Waals surface area contributed by atoms with Crippen LogP contribution in [0.3, 0.4) is 0 Å². The maximum absolute atomic E-state index is 12.3. The van der Waals surface area contributed by atoms with Gasteiger partial charge in [-0.2, -0.15) is 10.2 Å². The standard InChI is InChI=1S/C20H20N4O4/c1-3-28-17-9-5-4-8-14(17)15-11-16(23-22-15)20(26)24-21-12-13-7-6-10-18(27-2)19(13)25/h4-12,25H,3H2,1-2H3,(H,22,23)(H,24,26). The number of hydrogen-bond donors (Lipinski definition) is 3. The summed E-state index contributed by atoms with van der Waals surface area (Å²) in [6, 6.07) is 14.0. The van der Waals surface area contributed by atoms with Crippen LogP contribution in [0.15, 0.2) is 53.6 Å². The Balaban J connectivity index is 1.72. The van der Waals surface area contributed by atoms with E-state index in [9.17, 15) is 9.90 Å². The lowest BCUT2D eigenvalue weighted by atomic mass is 10.1. The van der Waals surface area contributed by atoms with Crippen LogP contribution in [0.4, 0.5) is 0 Å². The lowest BCUT2D eigenvalue weighted by molar-refractivity contribution is 0.0950. The summed E-state index contributed by atoms with van der Waals surface area (Å²) in [6.07, 6.45) is 1.33. The van der Waals surface area contributed by atoms with Crippen molar-refractivity contribution in [2.75, 3.05) is 13.7 Å². The van der Waals surface area contributed by atoms with Gasteiger partial charge in [0.15, 0.2) is 11.5 Å². The largest absolute Gasteiger partial charge is 0.504 e. The van der Waals surface area contributed by atoms with Gasteiger partial charge < -0.3 is 14.6 Å². The third-order valence-electron chi connectivity index (χ3n) is 3.91. The fourth-order valence-corrected chi connectivity index (χ4v) is 2.56. The van der Waals surface area contributed by atoms with Gasteiger partial charge in [-0.1, -0.05) is 18.2 Å². The average Bonchev–Trinajstić information content (AvgIpc) is 3.20. The molecule has 1 amide bonds. The minimum Gasteiger partial charge on any atom is -0.504 e. The molecule has 3 aromatic rings. The average molecular weight is 380 g/mol. The molecular weight excluding hydrogens is 360 g/mol. The summed E-state index contributed by atoms with van der Waals surface area (Å²) < 4.78 is 10.6. The van der Waals surface area contributed by atoms with Crippen molar-refractivity contribution in [3.8, 4) is 28.5 Å². The second kappa shape index (κ2) is 8.72. The molecular formula is C20H20N4O4. The Labute approximate surface area is 161 Å². The fraction of sp³-hybridized carbons (Fsp3) is 0.150.